The van der Waals surface area contributed by atoms with Gasteiger partial charge in [0.15, 0.2) is 0 Å². The van der Waals surface area contributed by atoms with Crippen LogP contribution < -0.4 is 0 Å². The average molecular weight is 316 g/mol. The lowest BCUT2D eigenvalue weighted by Gasteiger charge is -2.15. The van der Waals surface area contributed by atoms with Crippen LogP contribution in [0.15, 0.2) is 12.4 Å². The van der Waals surface area contributed by atoms with Crippen LogP contribution in [0, 0.1) is 0 Å². The minimum Gasteiger partial charge on any atom is -0.379 e. The van der Waals surface area contributed by atoms with Gasteiger partial charge in [0.05, 0.1) is 35.2 Å². The molecule has 8 nitrogen and oxygen atoms in total. The molecule has 2 aliphatic rings. The van der Waals surface area contributed by atoms with E-state index in [2.05, 4.69) is 20.5 Å². The predicted octanol–water partition coefficient (Wildman–Crippen LogP) is 0.670. The Balaban J connectivity index is 1.57. The number of likely N-dealkylation sites (tertiary alicyclic amines) is 1. The molecule has 8 heteroatoms. The normalized spacial score (nSPS) is 24.3. The summed E-state index contributed by atoms with van der Waals surface area (Å²) in [7, 11) is 3.54. The number of amides is 1. The maximum Gasteiger partial charge on any atom is 0.257 e. The van der Waals surface area contributed by atoms with Crippen LogP contribution in [0.4, 0.5) is 0 Å². The SMILES string of the molecule is CO[C@@H]1CN(C(=O)c2cn(C)nc2C2CC2)C[C@H]1c1cn[nH]n1. The van der Waals surface area contributed by atoms with Crippen molar-refractivity contribution >= 4 is 5.91 Å². The van der Waals surface area contributed by atoms with Crippen molar-refractivity contribution in [2.75, 3.05) is 20.2 Å². The number of aryl methyl sites for hydroxylation is 1. The summed E-state index contributed by atoms with van der Waals surface area (Å²) in [5.41, 5.74) is 2.50. The fourth-order valence-electron chi connectivity index (χ4n) is 3.35. The average Bonchev–Trinajstić information content (AvgIpc) is 2.98. The first kappa shape index (κ1) is 14.4. The van der Waals surface area contributed by atoms with Crippen molar-refractivity contribution in [3.8, 4) is 0 Å². The van der Waals surface area contributed by atoms with Gasteiger partial charge < -0.3 is 9.64 Å². The molecule has 1 aliphatic carbocycles. The van der Waals surface area contributed by atoms with Crippen molar-refractivity contribution in [1.29, 1.82) is 0 Å². The monoisotopic (exact) mass is 316 g/mol. The van der Waals surface area contributed by atoms with Gasteiger partial charge in [-0.05, 0) is 12.8 Å². The predicted molar refractivity (Wildman–Crippen MR) is 81.0 cm³/mol. The molecule has 1 N–H and O–H groups in total. The highest BCUT2D eigenvalue weighted by atomic mass is 16.5. The molecular weight excluding hydrogens is 296 g/mol. The minimum absolute atomic E-state index is 0.0352. The van der Waals surface area contributed by atoms with Gasteiger partial charge in [-0.25, -0.2) is 0 Å². The second-order valence-electron chi connectivity index (χ2n) is 6.36. The number of ether oxygens (including phenoxy) is 1. The number of methoxy groups -OCH3 is 1. The summed E-state index contributed by atoms with van der Waals surface area (Å²) in [4.78, 5) is 14.8. The molecule has 1 amide bonds. The third-order valence-corrected chi connectivity index (χ3v) is 4.72. The van der Waals surface area contributed by atoms with Crippen LogP contribution in [-0.2, 0) is 11.8 Å². The van der Waals surface area contributed by atoms with E-state index in [4.69, 9.17) is 4.74 Å². The molecule has 122 valence electrons. The first-order chi connectivity index (χ1) is 11.2. The molecule has 2 aromatic heterocycles. The standard InChI is InChI=1S/C15H20N6O2/c1-20-6-11(14(18-20)9-3-4-9)15(22)21-7-10(13(8-21)23-2)12-5-16-19-17-12/h5-6,9-10,13H,3-4,7-8H2,1-2H3,(H,16,17,19)/t10-,13+/m0/s1. The Morgan fingerprint density at radius 1 is 1.39 bits per heavy atom. The lowest BCUT2D eigenvalue weighted by Crippen LogP contribution is -2.30. The highest BCUT2D eigenvalue weighted by Gasteiger charge is 2.40. The van der Waals surface area contributed by atoms with E-state index in [-0.39, 0.29) is 17.9 Å². The molecule has 0 radical (unpaired) electrons. The number of aromatic amines is 1. The van der Waals surface area contributed by atoms with Gasteiger partial charge in [-0.15, -0.1) is 0 Å². The second kappa shape index (κ2) is 5.45. The summed E-state index contributed by atoms with van der Waals surface area (Å²) >= 11 is 0. The number of hydrogen-bond acceptors (Lipinski definition) is 5. The molecular formula is C15H20N6O2. The first-order valence-electron chi connectivity index (χ1n) is 7.88. The van der Waals surface area contributed by atoms with Crippen LogP contribution >= 0.6 is 0 Å². The van der Waals surface area contributed by atoms with Crippen molar-refractivity contribution < 1.29 is 9.53 Å². The zero-order valence-corrected chi connectivity index (χ0v) is 13.3. The molecule has 0 unspecified atom stereocenters. The lowest BCUT2D eigenvalue weighted by atomic mass is 10.0. The topological polar surface area (TPSA) is 88.9 Å². The fraction of sp³-hybridized carbons (Fsp3) is 0.600. The summed E-state index contributed by atoms with van der Waals surface area (Å²) in [6, 6.07) is 0. The third kappa shape index (κ3) is 2.52. The van der Waals surface area contributed by atoms with Crippen molar-refractivity contribution in [2.45, 2.75) is 30.8 Å². The van der Waals surface area contributed by atoms with Gasteiger partial charge in [0, 0.05) is 39.4 Å². The minimum atomic E-state index is -0.0647. The summed E-state index contributed by atoms with van der Waals surface area (Å²) in [6.45, 7) is 1.15. The van der Waals surface area contributed by atoms with Crippen LogP contribution in [0.1, 0.15) is 46.4 Å². The van der Waals surface area contributed by atoms with Gasteiger partial charge >= 0.3 is 0 Å². The van der Waals surface area contributed by atoms with Gasteiger partial charge in [0.2, 0.25) is 0 Å². The molecule has 0 spiro atoms. The van der Waals surface area contributed by atoms with E-state index in [1.807, 2.05) is 18.1 Å². The molecule has 23 heavy (non-hydrogen) atoms. The maximum atomic E-state index is 13.0. The zero-order valence-electron chi connectivity index (χ0n) is 13.3. The Bertz CT molecular complexity index is 706. The van der Waals surface area contributed by atoms with Gasteiger partial charge in [0.25, 0.3) is 5.91 Å². The lowest BCUT2D eigenvalue weighted by molar-refractivity contribution is 0.0713. The van der Waals surface area contributed by atoms with E-state index < -0.39 is 0 Å². The fourth-order valence-corrected chi connectivity index (χ4v) is 3.35. The number of carbonyl (C=O) groups excluding carboxylic acids is 1. The molecule has 2 fully saturated rings. The molecule has 1 saturated carbocycles. The van der Waals surface area contributed by atoms with Crippen LogP contribution in [0.2, 0.25) is 0 Å². The molecule has 4 rings (SSSR count). The Hall–Kier alpha value is -2.22. The number of aromatic nitrogens is 5. The molecule has 2 atom stereocenters. The molecule has 0 aromatic carbocycles. The number of H-pyrrole nitrogens is 1. The Labute approximate surface area is 133 Å². The third-order valence-electron chi connectivity index (χ3n) is 4.72. The number of nitrogens with zero attached hydrogens (tertiary/aromatic N) is 5. The van der Waals surface area contributed by atoms with E-state index in [1.54, 1.807) is 18.0 Å². The van der Waals surface area contributed by atoms with Crippen LogP contribution in [0.25, 0.3) is 0 Å². The number of hydrogen-bond donors (Lipinski definition) is 1. The molecule has 1 saturated heterocycles. The highest BCUT2D eigenvalue weighted by Crippen LogP contribution is 2.41. The Morgan fingerprint density at radius 3 is 2.87 bits per heavy atom. The summed E-state index contributed by atoms with van der Waals surface area (Å²) < 4.78 is 7.30. The highest BCUT2D eigenvalue weighted by molar-refractivity contribution is 5.95. The van der Waals surface area contributed by atoms with E-state index in [1.165, 1.54) is 0 Å². The van der Waals surface area contributed by atoms with Gasteiger partial charge in [-0.3, -0.25) is 9.48 Å². The molecule has 3 heterocycles. The Morgan fingerprint density at radius 2 is 2.22 bits per heavy atom. The first-order valence-corrected chi connectivity index (χ1v) is 7.88. The van der Waals surface area contributed by atoms with Crippen LogP contribution in [0.3, 0.4) is 0 Å². The smallest absolute Gasteiger partial charge is 0.257 e. The summed E-state index contributed by atoms with van der Waals surface area (Å²) in [6.07, 6.45) is 5.72. The second-order valence-corrected chi connectivity index (χ2v) is 6.36. The van der Waals surface area contributed by atoms with Crippen molar-refractivity contribution in [3.05, 3.63) is 29.3 Å². The Kier molecular flexibility index (Phi) is 3.41. The van der Waals surface area contributed by atoms with Gasteiger partial charge in [-0.2, -0.15) is 20.5 Å². The molecule has 1 aliphatic heterocycles. The van der Waals surface area contributed by atoms with Crippen molar-refractivity contribution in [3.63, 3.8) is 0 Å². The number of carbonyl (C=O) groups is 1. The summed E-state index contributed by atoms with van der Waals surface area (Å²) in [5, 5.41) is 15.1. The van der Waals surface area contributed by atoms with E-state index >= 15 is 0 Å². The van der Waals surface area contributed by atoms with Crippen LogP contribution in [-0.4, -0.2) is 62.3 Å². The number of rotatable bonds is 4. The maximum absolute atomic E-state index is 13.0. The van der Waals surface area contributed by atoms with E-state index in [0.29, 0.717) is 19.0 Å². The summed E-state index contributed by atoms with van der Waals surface area (Å²) in [5.74, 6) is 0.527. The largest absolute Gasteiger partial charge is 0.379 e. The van der Waals surface area contributed by atoms with Gasteiger partial charge in [0.1, 0.15) is 0 Å². The van der Waals surface area contributed by atoms with E-state index in [9.17, 15) is 4.79 Å². The van der Waals surface area contributed by atoms with E-state index in [0.717, 1.165) is 29.8 Å². The van der Waals surface area contributed by atoms with Crippen molar-refractivity contribution in [2.24, 2.45) is 7.05 Å². The molecule has 0 bridgehead atoms. The van der Waals surface area contributed by atoms with Crippen molar-refractivity contribution in [1.82, 2.24) is 30.1 Å². The zero-order chi connectivity index (χ0) is 16.0. The molecule has 2 aromatic rings. The van der Waals surface area contributed by atoms with Crippen LogP contribution in [0.5, 0.6) is 0 Å². The number of nitrogens with one attached hydrogen (secondary N) is 1. The van der Waals surface area contributed by atoms with Gasteiger partial charge in [-0.1, -0.05) is 0 Å². The quantitative estimate of drug-likeness (QED) is 0.895.